The van der Waals surface area contributed by atoms with Gasteiger partial charge in [-0.1, -0.05) is 23.7 Å². The molecule has 0 unspecified atom stereocenters. The van der Waals surface area contributed by atoms with Crippen LogP contribution in [0.1, 0.15) is 11.1 Å². The van der Waals surface area contributed by atoms with E-state index in [1.54, 1.807) is 6.20 Å². The molecule has 1 aromatic heterocycles. The molecule has 2 aromatic rings. The number of halogens is 2. The maximum absolute atomic E-state index is 5.98. The fourth-order valence-electron chi connectivity index (χ4n) is 1.37. The Morgan fingerprint density at radius 3 is 2.56 bits per heavy atom. The first-order valence-corrected chi connectivity index (χ1v) is 6.29. The molecule has 0 atom stereocenters. The fraction of sp³-hybridized carbons (Fsp3) is 0.167. The van der Waals surface area contributed by atoms with E-state index in [1.807, 2.05) is 6.07 Å². The van der Waals surface area contributed by atoms with E-state index in [0.29, 0.717) is 11.0 Å². The van der Waals surface area contributed by atoms with Gasteiger partial charge in [-0.2, -0.15) is 0 Å². The predicted octanol–water partition coefficient (Wildman–Crippen LogP) is 4.02. The molecule has 0 aliphatic heterocycles. The average Bonchev–Trinajstić information content (AvgIpc) is 2.26. The molecule has 16 heavy (non-hydrogen) atoms. The van der Waals surface area contributed by atoms with Crippen LogP contribution >= 0.6 is 34.2 Å². The Bertz CT molecular complexity index is 491. The van der Waals surface area contributed by atoms with E-state index in [1.165, 1.54) is 11.1 Å². The van der Waals surface area contributed by atoms with E-state index < -0.39 is 0 Å². The molecule has 0 radical (unpaired) electrons. The molecule has 4 heteroatoms. The Morgan fingerprint density at radius 2 is 1.94 bits per heavy atom. The van der Waals surface area contributed by atoms with Crippen molar-refractivity contribution in [3.8, 4) is 11.4 Å². The van der Waals surface area contributed by atoms with E-state index >= 15 is 0 Å². The predicted molar refractivity (Wildman–Crippen MR) is 74.7 cm³/mol. The van der Waals surface area contributed by atoms with Crippen molar-refractivity contribution in [2.75, 3.05) is 0 Å². The summed E-state index contributed by atoms with van der Waals surface area (Å²) in [6.07, 6.45) is 1.74. The van der Waals surface area contributed by atoms with Crippen LogP contribution in [-0.2, 0) is 0 Å². The molecule has 0 bridgehead atoms. The highest BCUT2D eigenvalue weighted by Crippen LogP contribution is 2.22. The van der Waals surface area contributed by atoms with Crippen molar-refractivity contribution in [1.29, 1.82) is 0 Å². The lowest BCUT2D eigenvalue weighted by Crippen LogP contribution is -1.92. The topological polar surface area (TPSA) is 25.8 Å². The summed E-state index contributed by atoms with van der Waals surface area (Å²) in [7, 11) is 0. The maximum Gasteiger partial charge on any atom is 0.160 e. The zero-order valence-electron chi connectivity index (χ0n) is 8.96. The number of hydrogen-bond donors (Lipinski definition) is 0. The fourth-order valence-corrected chi connectivity index (χ4v) is 1.75. The zero-order valence-corrected chi connectivity index (χ0v) is 11.9. The third-order valence-corrected chi connectivity index (χ3v) is 3.86. The molecule has 0 saturated heterocycles. The largest absolute Gasteiger partial charge is 0.235 e. The smallest absolute Gasteiger partial charge is 0.160 e. The number of aryl methyl sites for hydroxylation is 2. The minimum Gasteiger partial charge on any atom is -0.235 e. The van der Waals surface area contributed by atoms with Gasteiger partial charge in [-0.05, 0) is 53.6 Å². The molecular formula is C12H10ClIN2. The highest BCUT2D eigenvalue weighted by Gasteiger charge is 2.05. The minimum absolute atomic E-state index is 0.504. The first-order valence-electron chi connectivity index (χ1n) is 4.83. The van der Waals surface area contributed by atoms with Gasteiger partial charge in [0.15, 0.2) is 5.82 Å². The Kier molecular flexibility index (Phi) is 3.44. The molecule has 0 saturated carbocycles. The van der Waals surface area contributed by atoms with E-state index in [2.05, 4.69) is 58.5 Å². The van der Waals surface area contributed by atoms with Crippen LogP contribution in [0, 0.1) is 17.4 Å². The van der Waals surface area contributed by atoms with Crippen molar-refractivity contribution in [2.45, 2.75) is 13.8 Å². The molecule has 2 nitrogen and oxygen atoms in total. The summed E-state index contributed by atoms with van der Waals surface area (Å²) in [5.74, 6) is 0.675. The summed E-state index contributed by atoms with van der Waals surface area (Å²) < 4.78 is 0.867. The second-order valence-corrected chi connectivity index (χ2v) is 5.15. The first kappa shape index (κ1) is 11.8. The standard InChI is InChI=1S/C12H10ClIN2/c1-7-3-4-9(5-8(7)2)12-15-6-10(14)11(13)16-12/h3-6H,1-2H3. The van der Waals surface area contributed by atoms with Gasteiger partial charge in [0, 0.05) is 11.8 Å². The molecule has 1 heterocycles. The molecule has 0 N–H and O–H groups in total. The lowest BCUT2D eigenvalue weighted by atomic mass is 10.1. The quantitative estimate of drug-likeness (QED) is 0.577. The van der Waals surface area contributed by atoms with Crippen LogP contribution in [-0.4, -0.2) is 9.97 Å². The second kappa shape index (κ2) is 4.67. The normalized spacial score (nSPS) is 10.5. The van der Waals surface area contributed by atoms with Crippen LogP contribution in [0.2, 0.25) is 5.15 Å². The maximum atomic E-state index is 5.98. The van der Waals surface area contributed by atoms with Crippen LogP contribution < -0.4 is 0 Å². The van der Waals surface area contributed by atoms with Crippen LogP contribution in [0.15, 0.2) is 24.4 Å². The highest BCUT2D eigenvalue weighted by molar-refractivity contribution is 14.1. The van der Waals surface area contributed by atoms with Gasteiger partial charge >= 0.3 is 0 Å². The SMILES string of the molecule is Cc1ccc(-c2ncc(I)c(Cl)n2)cc1C. The minimum atomic E-state index is 0.504. The molecule has 0 spiro atoms. The highest BCUT2D eigenvalue weighted by atomic mass is 127. The van der Waals surface area contributed by atoms with Gasteiger partial charge in [-0.25, -0.2) is 9.97 Å². The van der Waals surface area contributed by atoms with Crippen molar-refractivity contribution in [2.24, 2.45) is 0 Å². The van der Waals surface area contributed by atoms with Crippen LogP contribution in [0.5, 0.6) is 0 Å². The number of hydrogen-bond acceptors (Lipinski definition) is 2. The Balaban J connectivity index is 2.50. The third kappa shape index (κ3) is 2.35. The van der Waals surface area contributed by atoms with Gasteiger partial charge in [0.25, 0.3) is 0 Å². The summed E-state index contributed by atoms with van der Waals surface area (Å²) in [6, 6.07) is 6.16. The van der Waals surface area contributed by atoms with E-state index in [0.717, 1.165) is 9.13 Å². The van der Waals surface area contributed by atoms with Gasteiger partial charge in [-0.3, -0.25) is 0 Å². The van der Waals surface area contributed by atoms with Crippen molar-refractivity contribution in [1.82, 2.24) is 9.97 Å². The van der Waals surface area contributed by atoms with Gasteiger partial charge in [0.1, 0.15) is 5.15 Å². The number of aromatic nitrogens is 2. The lowest BCUT2D eigenvalue weighted by Gasteiger charge is -2.04. The molecule has 0 aliphatic carbocycles. The van der Waals surface area contributed by atoms with E-state index in [-0.39, 0.29) is 0 Å². The summed E-state index contributed by atoms with van der Waals surface area (Å²) in [5, 5.41) is 0.504. The van der Waals surface area contributed by atoms with Crippen molar-refractivity contribution >= 4 is 34.2 Å². The lowest BCUT2D eigenvalue weighted by molar-refractivity contribution is 1.15. The molecule has 0 fully saturated rings. The van der Waals surface area contributed by atoms with Crippen molar-refractivity contribution < 1.29 is 0 Å². The number of nitrogens with zero attached hydrogens (tertiary/aromatic N) is 2. The van der Waals surface area contributed by atoms with E-state index in [9.17, 15) is 0 Å². The summed E-state index contributed by atoms with van der Waals surface area (Å²) in [5.41, 5.74) is 3.50. The zero-order chi connectivity index (χ0) is 11.7. The summed E-state index contributed by atoms with van der Waals surface area (Å²) in [4.78, 5) is 8.54. The van der Waals surface area contributed by atoms with Gasteiger partial charge in [0.05, 0.1) is 3.57 Å². The monoisotopic (exact) mass is 344 g/mol. The molecular weight excluding hydrogens is 335 g/mol. The average molecular weight is 345 g/mol. The van der Waals surface area contributed by atoms with E-state index in [4.69, 9.17) is 11.6 Å². The van der Waals surface area contributed by atoms with Crippen LogP contribution in [0.3, 0.4) is 0 Å². The van der Waals surface area contributed by atoms with Gasteiger partial charge < -0.3 is 0 Å². The molecule has 82 valence electrons. The molecule has 0 amide bonds. The summed E-state index contributed by atoms with van der Waals surface area (Å²) in [6.45, 7) is 4.16. The Morgan fingerprint density at radius 1 is 1.19 bits per heavy atom. The molecule has 0 aliphatic rings. The second-order valence-electron chi connectivity index (χ2n) is 3.63. The van der Waals surface area contributed by atoms with Gasteiger partial charge in [0.2, 0.25) is 0 Å². The Hall–Kier alpha value is -0.680. The summed E-state index contributed by atoms with van der Waals surface area (Å²) >= 11 is 8.09. The van der Waals surface area contributed by atoms with Crippen LogP contribution in [0.25, 0.3) is 11.4 Å². The molecule has 2 rings (SSSR count). The third-order valence-electron chi connectivity index (χ3n) is 2.47. The van der Waals surface area contributed by atoms with Crippen molar-refractivity contribution in [3.05, 3.63) is 44.2 Å². The van der Waals surface area contributed by atoms with Gasteiger partial charge in [-0.15, -0.1) is 0 Å². The number of rotatable bonds is 1. The Labute approximate surface area is 113 Å². The molecule has 1 aromatic carbocycles. The first-order chi connectivity index (χ1) is 7.58. The van der Waals surface area contributed by atoms with Crippen LogP contribution in [0.4, 0.5) is 0 Å². The number of benzene rings is 1. The van der Waals surface area contributed by atoms with Crippen molar-refractivity contribution in [3.63, 3.8) is 0 Å².